The Balaban J connectivity index is 0. The van der Waals surface area contributed by atoms with Crippen LogP contribution in [0.15, 0.2) is 30.3 Å². The van der Waals surface area contributed by atoms with Crippen LogP contribution in [0.3, 0.4) is 0 Å². The zero-order valence-electron chi connectivity index (χ0n) is 17.8. The van der Waals surface area contributed by atoms with Crippen molar-refractivity contribution in [3.05, 3.63) is 50.7 Å². The van der Waals surface area contributed by atoms with Crippen molar-refractivity contribution in [3.63, 3.8) is 0 Å². The van der Waals surface area contributed by atoms with Crippen molar-refractivity contribution in [2.45, 2.75) is 66.2 Å². The van der Waals surface area contributed by atoms with Crippen molar-refractivity contribution >= 4 is 17.0 Å². The van der Waals surface area contributed by atoms with Gasteiger partial charge < -0.3 is 14.9 Å². The molecule has 4 unspecified atom stereocenters. The van der Waals surface area contributed by atoms with Crippen LogP contribution >= 0.6 is 17.0 Å². The molecule has 0 spiro atoms. The molecule has 0 nitrogen and oxygen atoms in total. The standard InChI is InChI=1S/C12H16.C9H18.2CH3.2ClH.Zr/c1-2-6-11(7-3-1)10-12-8-4-5-9-12;1-6-5-7(2)9(4)8(6)3;;;;;/h1-3,6-7,12H,4-5,8-10H2;6-9H,5H2,1-4H3;2*1H3;2*1H;/q;;2*-1;;;+4/p-2. The van der Waals surface area contributed by atoms with E-state index in [1.807, 2.05) is 0 Å². The molecule has 2 aliphatic rings. The van der Waals surface area contributed by atoms with E-state index in [4.69, 9.17) is 17.0 Å². The summed E-state index contributed by atoms with van der Waals surface area (Å²) in [4.78, 5) is 0. The maximum atomic E-state index is 4.93. The van der Waals surface area contributed by atoms with E-state index in [2.05, 4.69) is 58.0 Å². The minimum atomic E-state index is -0.826. The molecule has 2 aliphatic carbocycles. The molecule has 26 heavy (non-hydrogen) atoms. The van der Waals surface area contributed by atoms with Gasteiger partial charge >= 0.3 is 37.9 Å². The Morgan fingerprint density at radius 2 is 1.27 bits per heavy atom. The fraction of sp³-hybridized carbons (Fsp3) is 0.652. The number of hydrogen-bond acceptors (Lipinski definition) is 0. The third kappa shape index (κ3) is 10.9. The monoisotopic (exact) mass is 476 g/mol. The molecule has 4 atom stereocenters. The van der Waals surface area contributed by atoms with Gasteiger partial charge in [0, 0.05) is 0 Å². The molecule has 2 fully saturated rings. The van der Waals surface area contributed by atoms with Crippen molar-refractivity contribution in [2.24, 2.45) is 29.6 Å². The summed E-state index contributed by atoms with van der Waals surface area (Å²) in [5.41, 5.74) is 1.52. The Kier molecular flexibility index (Phi) is 18.5. The van der Waals surface area contributed by atoms with Crippen molar-refractivity contribution in [2.75, 3.05) is 0 Å². The molecule has 0 radical (unpaired) electrons. The third-order valence-corrected chi connectivity index (χ3v) is 6.21. The Hall–Kier alpha value is 0.683. The fourth-order valence-corrected chi connectivity index (χ4v) is 4.21. The van der Waals surface area contributed by atoms with Crippen LogP contribution in [0.25, 0.3) is 0 Å². The Labute approximate surface area is 183 Å². The van der Waals surface area contributed by atoms with E-state index in [1.54, 1.807) is 0 Å². The molecule has 1 aromatic carbocycles. The van der Waals surface area contributed by atoms with Gasteiger partial charge in [0.15, 0.2) is 0 Å². The molecule has 3 rings (SSSR count). The van der Waals surface area contributed by atoms with Gasteiger partial charge in [-0.25, -0.2) is 0 Å². The van der Waals surface area contributed by atoms with Crippen LogP contribution in [-0.4, -0.2) is 0 Å². The molecule has 0 amide bonds. The first-order valence-corrected chi connectivity index (χ1v) is 15.8. The van der Waals surface area contributed by atoms with Gasteiger partial charge in [-0.2, -0.15) is 0 Å². The SMILES string of the molecule is CC1CC(C)C(C)C1C.[CH3-].[CH3-].[Cl][Zr+2][Cl].c1ccc(CC2CCCC2)cc1. The molecular weight excluding hydrogens is 438 g/mol. The Morgan fingerprint density at radius 1 is 0.846 bits per heavy atom. The molecule has 3 heteroatoms. The zero-order valence-corrected chi connectivity index (χ0v) is 21.7. The van der Waals surface area contributed by atoms with Gasteiger partial charge in [-0.3, -0.25) is 0 Å². The topological polar surface area (TPSA) is 0 Å². The first kappa shape index (κ1) is 28.9. The van der Waals surface area contributed by atoms with Crippen molar-refractivity contribution < 1.29 is 20.8 Å². The maximum Gasteiger partial charge on any atom is -0.0250 e. The van der Waals surface area contributed by atoms with Crippen LogP contribution in [0.2, 0.25) is 0 Å². The van der Waals surface area contributed by atoms with Crippen LogP contribution in [0, 0.1) is 44.4 Å². The van der Waals surface area contributed by atoms with Gasteiger partial charge in [0.2, 0.25) is 0 Å². The van der Waals surface area contributed by atoms with Crippen molar-refractivity contribution in [1.82, 2.24) is 0 Å². The first-order chi connectivity index (χ1) is 11.5. The minimum absolute atomic E-state index is 0. The molecular formula is C23H40Cl2Zr. The number of halogens is 2. The van der Waals surface area contributed by atoms with Gasteiger partial charge in [-0.15, -0.1) is 0 Å². The zero-order chi connectivity index (χ0) is 17.9. The molecule has 1 aromatic rings. The summed E-state index contributed by atoms with van der Waals surface area (Å²) in [5.74, 6) is 4.83. The summed E-state index contributed by atoms with van der Waals surface area (Å²) in [6.07, 6.45) is 8.57. The summed E-state index contributed by atoms with van der Waals surface area (Å²) in [7, 11) is 9.87. The van der Waals surface area contributed by atoms with Gasteiger partial charge in [-0.1, -0.05) is 83.7 Å². The van der Waals surface area contributed by atoms with Crippen LogP contribution in [0.4, 0.5) is 0 Å². The van der Waals surface area contributed by atoms with E-state index in [0.29, 0.717) is 0 Å². The molecule has 0 N–H and O–H groups in total. The van der Waals surface area contributed by atoms with Crippen LogP contribution in [-0.2, 0) is 27.3 Å². The molecule has 2 saturated carbocycles. The average Bonchev–Trinajstić information content (AvgIpc) is 3.15. The fourth-order valence-electron chi connectivity index (χ4n) is 4.21. The van der Waals surface area contributed by atoms with Crippen LogP contribution < -0.4 is 0 Å². The Bertz CT molecular complexity index is 405. The molecule has 0 bridgehead atoms. The van der Waals surface area contributed by atoms with Gasteiger partial charge in [0.1, 0.15) is 0 Å². The van der Waals surface area contributed by atoms with E-state index in [0.717, 1.165) is 29.6 Å². The number of hydrogen-bond donors (Lipinski definition) is 0. The van der Waals surface area contributed by atoms with E-state index < -0.39 is 20.8 Å². The van der Waals surface area contributed by atoms with E-state index in [1.165, 1.54) is 44.1 Å². The number of benzene rings is 1. The van der Waals surface area contributed by atoms with Gasteiger partial charge in [0.05, 0.1) is 0 Å². The van der Waals surface area contributed by atoms with Crippen LogP contribution in [0.1, 0.15) is 65.4 Å². The predicted octanol–water partition coefficient (Wildman–Crippen LogP) is 8.63. The van der Waals surface area contributed by atoms with E-state index in [-0.39, 0.29) is 14.9 Å². The second-order valence-electron chi connectivity index (χ2n) is 7.82. The second-order valence-corrected chi connectivity index (χ2v) is 11.6. The molecule has 0 aliphatic heterocycles. The predicted molar refractivity (Wildman–Crippen MR) is 118 cm³/mol. The van der Waals surface area contributed by atoms with E-state index in [9.17, 15) is 0 Å². The van der Waals surface area contributed by atoms with Gasteiger partial charge in [-0.05, 0) is 48.0 Å². The summed E-state index contributed by atoms with van der Waals surface area (Å²) < 4.78 is 0. The first-order valence-electron chi connectivity index (χ1n) is 9.49. The van der Waals surface area contributed by atoms with Gasteiger partial charge in [0.25, 0.3) is 0 Å². The van der Waals surface area contributed by atoms with Crippen molar-refractivity contribution in [3.8, 4) is 0 Å². The molecule has 0 aromatic heterocycles. The largest absolute Gasteiger partial charge is 0.0622 e. The normalized spacial score (nSPS) is 26.8. The van der Waals surface area contributed by atoms with Crippen molar-refractivity contribution in [1.29, 1.82) is 0 Å². The summed E-state index contributed by atoms with van der Waals surface area (Å²) in [6, 6.07) is 10.9. The Morgan fingerprint density at radius 3 is 1.62 bits per heavy atom. The molecule has 150 valence electrons. The van der Waals surface area contributed by atoms with Crippen LogP contribution in [0.5, 0.6) is 0 Å². The minimum Gasteiger partial charge on any atom is -0.0622 e. The summed E-state index contributed by atoms with van der Waals surface area (Å²) in [5, 5.41) is 0. The second kappa shape index (κ2) is 16.6. The molecule has 0 heterocycles. The summed E-state index contributed by atoms with van der Waals surface area (Å²) >= 11 is -0.826. The number of rotatable bonds is 2. The quantitative estimate of drug-likeness (QED) is 0.373. The van der Waals surface area contributed by atoms with E-state index >= 15 is 0 Å². The maximum absolute atomic E-state index is 4.93. The third-order valence-electron chi connectivity index (χ3n) is 6.21. The smallest absolute Gasteiger partial charge is 0.0250 e. The average molecular weight is 479 g/mol. The molecule has 0 saturated heterocycles. The summed E-state index contributed by atoms with van der Waals surface area (Å²) in [6.45, 7) is 9.53.